The first-order valence-electron chi connectivity index (χ1n) is 8.01. The van der Waals surface area contributed by atoms with Gasteiger partial charge in [0.05, 0.1) is 0 Å². The van der Waals surface area contributed by atoms with E-state index in [4.69, 9.17) is 0 Å². The van der Waals surface area contributed by atoms with Gasteiger partial charge in [-0.15, -0.1) is 0 Å². The van der Waals surface area contributed by atoms with Gasteiger partial charge in [-0.05, 0) is 37.8 Å². The zero-order chi connectivity index (χ0) is 12.3. The molecule has 2 unspecified atom stereocenters. The molecule has 17 heavy (non-hydrogen) atoms. The first kappa shape index (κ1) is 15.0. The van der Waals surface area contributed by atoms with Gasteiger partial charge in [0.25, 0.3) is 0 Å². The number of rotatable bonds is 0. The number of nitrogens with one attached hydrogen (secondary N) is 1. The summed E-state index contributed by atoms with van der Waals surface area (Å²) in [4.78, 5) is 0. The van der Waals surface area contributed by atoms with E-state index in [-0.39, 0.29) is 0 Å². The highest BCUT2D eigenvalue weighted by molar-refractivity contribution is 4.63. The van der Waals surface area contributed by atoms with Crippen LogP contribution in [0.3, 0.4) is 0 Å². The first-order valence-corrected chi connectivity index (χ1v) is 8.01. The fourth-order valence-corrected chi connectivity index (χ4v) is 2.83. The normalized spacial score (nSPS) is 31.4. The standard InChI is InChI=1S/C16H33N/c1-15-11-7-3-5-9-13-17-14-10-6-4-8-12-16(15)2/h15-17H,3-14H2,1-2H3. The second-order valence-corrected chi connectivity index (χ2v) is 6.11. The van der Waals surface area contributed by atoms with Crippen LogP contribution >= 0.6 is 0 Å². The molecule has 0 bridgehead atoms. The molecule has 0 saturated carbocycles. The van der Waals surface area contributed by atoms with Gasteiger partial charge >= 0.3 is 0 Å². The zero-order valence-electron chi connectivity index (χ0n) is 12.1. The van der Waals surface area contributed by atoms with E-state index >= 15 is 0 Å². The van der Waals surface area contributed by atoms with Gasteiger partial charge in [-0.2, -0.15) is 0 Å². The van der Waals surface area contributed by atoms with Gasteiger partial charge in [0.1, 0.15) is 0 Å². The predicted octanol–water partition coefficient (Wildman–Crippen LogP) is 4.76. The quantitative estimate of drug-likeness (QED) is 0.642. The van der Waals surface area contributed by atoms with E-state index in [0.717, 1.165) is 11.8 Å². The third-order valence-corrected chi connectivity index (χ3v) is 4.50. The lowest BCUT2D eigenvalue weighted by Gasteiger charge is -2.19. The monoisotopic (exact) mass is 239 g/mol. The van der Waals surface area contributed by atoms with E-state index in [2.05, 4.69) is 19.2 Å². The second-order valence-electron chi connectivity index (χ2n) is 6.11. The second kappa shape index (κ2) is 9.94. The lowest BCUT2D eigenvalue weighted by atomic mass is 9.87. The van der Waals surface area contributed by atoms with Crippen LogP contribution in [0.15, 0.2) is 0 Å². The van der Waals surface area contributed by atoms with Gasteiger partial charge in [-0.25, -0.2) is 0 Å². The van der Waals surface area contributed by atoms with Crippen molar-refractivity contribution in [2.45, 2.75) is 78.1 Å². The third kappa shape index (κ3) is 7.81. The van der Waals surface area contributed by atoms with E-state index in [1.54, 1.807) is 0 Å². The van der Waals surface area contributed by atoms with Crippen LogP contribution in [-0.2, 0) is 0 Å². The molecule has 1 aliphatic rings. The van der Waals surface area contributed by atoms with Crippen LogP contribution in [0, 0.1) is 11.8 Å². The Hall–Kier alpha value is -0.0400. The Kier molecular flexibility index (Phi) is 8.78. The molecule has 0 radical (unpaired) electrons. The van der Waals surface area contributed by atoms with Gasteiger partial charge in [0.15, 0.2) is 0 Å². The molecule has 1 saturated heterocycles. The van der Waals surface area contributed by atoms with Crippen LogP contribution in [0.2, 0.25) is 0 Å². The van der Waals surface area contributed by atoms with Crippen molar-refractivity contribution in [1.29, 1.82) is 0 Å². The fraction of sp³-hybridized carbons (Fsp3) is 1.00. The summed E-state index contributed by atoms with van der Waals surface area (Å²) in [6, 6.07) is 0. The maximum atomic E-state index is 3.57. The molecule has 1 nitrogen and oxygen atoms in total. The minimum atomic E-state index is 0.943. The zero-order valence-corrected chi connectivity index (χ0v) is 12.1. The number of hydrogen-bond donors (Lipinski definition) is 1. The van der Waals surface area contributed by atoms with Crippen LogP contribution in [0.5, 0.6) is 0 Å². The largest absolute Gasteiger partial charge is 0.317 e. The molecule has 1 aliphatic heterocycles. The molecule has 1 heteroatoms. The Labute approximate surface area is 109 Å². The summed E-state index contributed by atoms with van der Waals surface area (Å²) in [7, 11) is 0. The van der Waals surface area contributed by atoms with Crippen LogP contribution in [-0.4, -0.2) is 13.1 Å². The lowest BCUT2D eigenvalue weighted by molar-refractivity contribution is 0.323. The average Bonchev–Trinajstić information content (AvgIpc) is 2.34. The molecule has 1 heterocycles. The van der Waals surface area contributed by atoms with Crippen molar-refractivity contribution >= 4 is 0 Å². The summed E-state index contributed by atoms with van der Waals surface area (Å²) in [5.74, 6) is 1.89. The number of hydrogen-bond acceptors (Lipinski definition) is 1. The van der Waals surface area contributed by atoms with Gasteiger partial charge in [-0.1, -0.05) is 65.2 Å². The summed E-state index contributed by atoms with van der Waals surface area (Å²) in [6.45, 7) is 7.41. The van der Waals surface area contributed by atoms with Gasteiger partial charge in [-0.3, -0.25) is 0 Å². The lowest BCUT2D eigenvalue weighted by Crippen LogP contribution is -2.16. The third-order valence-electron chi connectivity index (χ3n) is 4.50. The van der Waals surface area contributed by atoms with Crippen molar-refractivity contribution in [2.75, 3.05) is 13.1 Å². The minimum absolute atomic E-state index is 0.943. The van der Waals surface area contributed by atoms with Crippen LogP contribution in [0.1, 0.15) is 78.1 Å². The molecule has 0 aromatic carbocycles. The molecular weight excluding hydrogens is 206 g/mol. The maximum absolute atomic E-state index is 3.57. The van der Waals surface area contributed by atoms with Crippen LogP contribution in [0.25, 0.3) is 0 Å². The maximum Gasteiger partial charge on any atom is -0.00489 e. The Morgan fingerprint density at radius 1 is 0.588 bits per heavy atom. The molecule has 0 amide bonds. The molecule has 0 aromatic rings. The highest BCUT2D eigenvalue weighted by Gasteiger charge is 2.11. The van der Waals surface area contributed by atoms with Crippen molar-refractivity contribution < 1.29 is 0 Å². The summed E-state index contributed by atoms with van der Waals surface area (Å²) >= 11 is 0. The molecule has 1 N–H and O–H groups in total. The smallest absolute Gasteiger partial charge is 0.00489 e. The van der Waals surface area contributed by atoms with Crippen molar-refractivity contribution in [3.63, 3.8) is 0 Å². The molecule has 1 fully saturated rings. The van der Waals surface area contributed by atoms with E-state index < -0.39 is 0 Å². The first-order chi connectivity index (χ1) is 8.30. The Morgan fingerprint density at radius 3 is 1.47 bits per heavy atom. The highest BCUT2D eigenvalue weighted by atomic mass is 14.8. The van der Waals surface area contributed by atoms with E-state index in [1.807, 2.05) is 0 Å². The molecule has 1 rings (SSSR count). The van der Waals surface area contributed by atoms with E-state index in [9.17, 15) is 0 Å². The average molecular weight is 239 g/mol. The molecule has 2 atom stereocenters. The van der Waals surface area contributed by atoms with Gasteiger partial charge in [0, 0.05) is 0 Å². The summed E-state index contributed by atoms with van der Waals surface area (Å²) in [5.41, 5.74) is 0. The Morgan fingerprint density at radius 2 is 1.00 bits per heavy atom. The Bertz CT molecular complexity index is 149. The van der Waals surface area contributed by atoms with Crippen LogP contribution < -0.4 is 5.32 Å². The predicted molar refractivity (Wildman–Crippen MR) is 77.4 cm³/mol. The molecule has 102 valence electrons. The Balaban J connectivity index is 2.21. The fourth-order valence-electron chi connectivity index (χ4n) is 2.83. The molecule has 0 spiro atoms. The van der Waals surface area contributed by atoms with Crippen molar-refractivity contribution in [1.82, 2.24) is 5.32 Å². The SMILES string of the molecule is CC1CCCCCCNCCCCCCC1C. The molecule has 0 aromatic heterocycles. The topological polar surface area (TPSA) is 12.0 Å². The van der Waals surface area contributed by atoms with Crippen molar-refractivity contribution in [3.8, 4) is 0 Å². The summed E-state index contributed by atoms with van der Waals surface area (Å²) in [5, 5.41) is 3.57. The van der Waals surface area contributed by atoms with Crippen LogP contribution in [0.4, 0.5) is 0 Å². The van der Waals surface area contributed by atoms with E-state index in [1.165, 1.54) is 77.3 Å². The van der Waals surface area contributed by atoms with E-state index in [0.29, 0.717) is 0 Å². The van der Waals surface area contributed by atoms with Gasteiger partial charge < -0.3 is 5.32 Å². The minimum Gasteiger partial charge on any atom is -0.317 e. The summed E-state index contributed by atoms with van der Waals surface area (Å²) in [6.07, 6.45) is 14.3. The summed E-state index contributed by atoms with van der Waals surface area (Å²) < 4.78 is 0. The highest BCUT2D eigenvalue weighted by Crippen LogP contribution is 2.23. The van der Waals surface area contributed by atoms with Crippen molar-refractivity contribution in [3.05, 3.63) is 0 Å². The molecular formula is C16H33N. The van der Waals surface area contributed by atoms with Gasteiger partial charge in [0.2, 0.25) is 0 Å². The van der Waals surface area contributed by atoms with Crippen molar-refractivity contribution in [2.24, 2.45) is 11.8 Å². The molecule has 0 aliphatic carbocycles.